The van der Waals surface area contributed by atoms with Crippen molar-refractivity contribution in [2.45, 2.75) is 19.8 Å². The molecular formula is C10H15N3. The smallest absolute Gasteiger partial charge is 0.110 e. The maximum Gasteiger partial charge on any atom is 0.110 e. The highest BCUT2D eigenvalue weighted by molar-refractivity contribution is 5.83. The van der Waals surface area contributed by atoms with Gasteiger partial charge in [-0.05, 0) is 5.92 Å². The molecule has 0 saturated carbocycles. The number of hydrogen-bond acceptors (Lipinski definition) is 2. The molecule has 0 aromatic carbocycles. The van der Waals surface area contributed by atoms with Gasteiger partial charge >= 0.3 is 0 Å². The van der Waals surface area contributed by atoms with Gasteiger partial charge in [0.05, 0.1) is 0 Å². The first-order valence-corrected chi connectivity index (χ1v) is 4.33. The zero-order chi connectivity index (χ0) is 9.84. The molecule has 0 aliphatic carbocycles. The fourth-order valence-corrected chi connectivity index (χ4v) is 1.25. The molecule has 0 saturated heterocycles. The van der Waals surface area contributed by atoms with E-state index in [-0.39, 0.29) is 0 Å². The average molecular weight is 177 g/mol. The van der Waals surface area contributed by atoms with E-state index in [1.54, 1.807) is 13.3 Å². The average Bonchev–Trinajstić information content (AvgIpc) is 2.48. The molecule has 0 aliphatic rings. The number of H-pyrrole nitrogens is 1. The molecule has 13 heavy (non-hydrogen) atoms. The monoisotopic (exact) mass is 177 g/mol. The number of hydrogen-bond donors (Lipinski definition) is 1. The second kappa shape index (κ2) is 4.03. The van der Waals surface area contributed by atoms with E-state index in [2.05, 4.69) is 35.6 Å². The molecule has 1 N–H and O–H groups in total. The fourth-order valence-electron chi connectivity index (χ4n) is 1.25. The summed E-state index contributed by atoms with van der Waals surface area (Å²) in [6.45, 7) is 8.00. The quantitative estimate of drug-likeness (QED) is 0.707. The van der Waals surface area contributed by atoms with Crippen LogP contribution in [0.15, 0.2) is 11.6 Å². The fraction of sp³-hybridized carbons (Fsp3) is 0.400. The van der Waals surface area contributed by atoms with E-state index in [9.17, 15) is 0 Å². The number of aromatic nitrogens is 2. The summed E-state index contributed by atoms with van der Waals surface area (Å²) >= 11 is 0. The maximum absolute atomic E-state index is 4.15. The third kappa shape index (κ3) is 1.86. The van der Waals surface area contributed by atoms with Crippen molar-refractivity contribution in [3.8, 4) is 0 Å². The zero-order valence-corrected chi connectivity index (χ0v) is 8.33. The molecule has 3 nitrogen and oxygen atoms in total. The van der Waals surface area contributed by atoms with Crippen LogP contribution in [-0.2, 0) is 0 Å². The summed E-state index contributed by atoms with van der Waals surface area (Å²) < 4.78 is 0. The molecule has 0 aliphatic heterocycles. The van der Waals surface area contributed by atoms with E-state index >= 15 is 0 Å². The lowest BCUT2D eigenvalue weighted by Gasteiger charge is -2.01. The van der Waals surface area contributed by atoms with Gasteiger partial charge in [0.15, 0.2) is 0 Å². The van der Waals surface area contributed by atoms with E-state index in [1.807, 2.05) is 6.08 Å². The molecule has 1 aromatic rings. The van der Waals surface area contributed by atoms with Crippen molar-refractivity contribution in [1.82, 2.24) is 10.2 Å². The van der Waals surface area contributed by atoms with Gasteiger partial charge in [0.2, 0.25) is 0 Å². The molecule has 70 valence electrons. The van der Waals surface area contributed by atoms with Gasteiger partial charge in [-0.1, -0.05) is 26.5 Å². The third-order valence-corrected chi connectivity index (χ3v) is 1.90. The minimum Gasteiger partial charge on any atom is -0.294 e. The van der Waals surface area contributed by atoms with Crippen LogP contribution in [0.3, 0.4) is 0 Å². The molecule has 0 radical (unpaired) electrons. The Balaban J connectivity index is 3.17. The van der Waals surface area contributed by atoms with Gasteiger partial charge in [-0.3, -0.25) is 10.1 Å². The number of nitrogens with zero attached hydrogens (tertiary/aromatic N) is 2. The maximum atomic E-state index is 4.15. The molecule has 0 fully saturated rings. The van der Waals surface area contributed by atoms with E-state index < -0.39 is 0 Å². The summed E-state index contributed by atoms with van der Waals surface area (Å²) in [5.41, 5.74) is 3.03. The number of aliphatic imine (C=N–C) groups is 1. The zero-order valence-electron chi connectivity index (χ0n) is 8.33. The highest BCUT2D eigenvalue weighted by Gasteiger charge is 2.10. The number of aromatic amines is 1. The Kier molecular flexibility index (Phi) is 3.01. The van der Waals surface area contributed by atoms with Crippen molar-refractivity contribution in [2.24, 2.45) is 4.99 Å². The number of rotatable bonds is 3. The molecule has 0 atom stereocenters. The molecule has 0 unspecified atom stereocenters. The molecule has 0 spiro atoms. The standard InChI is InChI=1S/C10H15N3/c1-5-8-9(6-11-4)12-13-10(8)7(2)3/h5-7H,1H2,2-4H3,(H,12,13). The number of nitrogens with one attached hydrogen (secondary N) is 1. The van der Waals surface area contributed by atoms with Crippen molar-refractivity contribution >= 4 is 12.3 Å². The lowest BCUT2D eigenvalue weighted by molar-refractivity contribution is 0.808. The van der Waals surface area contributed by atoms with Crippen molar-refractivity contribution in [3.05, 3.63) is 23.5 Å². The van der Waals surface area contributed by atoms with Crippen LogP contribution < -0.4 is 0 Å². The van der Waals surface area contributed by atoms with Gasteiger partial charge in [-0.15, -0.1) is 0 Å². The minimum absolute atomic E-state index is 0.430. The first-order chi connectivity index (χ1) is 6.20. The summed E-state index contributed by atoms with van der Waals surface area (Å²) in [6, 6.07) is 0. The van der Waals surface area contributed by atoms with Gasteiger partial charge in [0.1, 0.15) is 5.69 Å². The SMILES string of the molecule is C=Cc1c(C=NC)n[nH]c1C(C)C. The van der Waals surface area contributed by atoms with E-state index in [1.165, 1.54) is 0 Å². The lowest BCUT2D eigenvalue weighted by atomic mass is 10.0. The van der Waals surface area contributed by atoms with Crippen LogP contribution in [0, 0.1) is 0 Å². The summed E-state index contributed by atoms with van der Waals surface area (Å²) in [7, 11) is 1.73. The van der Waals surface area contributed by atoms with Crippen LogP contribution in [0.1, 0.15) is 36.7 Å². The Labute approximate surface area is 78.6 Å². The van der Waals surface area contributed by atoms with Crippen LogP contribution in [0.5, 0.6) is 0 Å². The molecule has 3 heteroatoms. The van der Waals surface area contributed by atoms with Gasteiger partial charge in [0, 0.05) is 24.5 Å². The van der Waals surface area contributed by atoms with Crippen molar-refractivity contribution < 1.29 is 0 Å². The molecular weight excluding hydrogens is 162 g/mol. The van der Waals surface area contributed by atoms with Crippen LogP contribution in [-0.4, -0.2) is 23.5 Å². The van der Waals surface area contributed by atoms with Crippen molar-refractivity contribution in [1.29, 1.82) is 0 Å². The highest BCUT2D eigenvalue weighted by Crippen LogP contribution is 2.19. The summed E-state index contributed by atoms with van der Waals surface area (Å²) in [5.74, 6) is 0.430. The Morgan fingerprint density at radius 1 is 1.54 bits per heavy atom. The van der Waals surface area contributed by atoms with Gasteiger partial charge < -0.3 is 0 Å². The predicted molar refractivity (Wildman–Crippen MR) is 56.3 cm³/mol. The Morgan fingerprint density at radius 3 is 2.69 bits per heavy atom. The Morgan fingerprint density at radius 2 is 2.23 bits per heavy atom. The van der Waals surface area contributed by atoms with Gasteiger partial charge in [-0.25, -0.2) is 0 Å². The summed E-state index contributed by atoms with van der Waals surface area (Å²) in [6.07, 6.45) is 3.55. The molecule has 1 aromatic heterocycles. The van der Waals surface area contributed by atoms with Crippen LogP contribution in [0.2, 0.25) is 0 Å². The lowest BCUT2D eigenvalue weighted by Crippen LogP contribution is -1.90. The third-order valence-electron chi connectivity index (χ3n) is 1.90. The van der Waals surface area contributed by atoms with Crippen molar-refractivity contribution in [3.63, 3.8) is 0 Å². The Hall–Kier alpha value is -1.38. The normalized spacial score (nSPS) is 11.4. The van der Waals surface area contributed by atoms with E-state index in [0.29, 0.717) is 5.92 Å². The summed E-state index contributed by atoms with van der Waals surface area (Å²) in [5, 5.41) is 7.15. The second-order valence-corrected chi connectivity index (χ2v) is 3.18. The van der Waals surface area contributed by atoms with Crippen LogP contribution in [0.25, 0.3) is 6.08 Å². The highest BCUT2D eigenvalue weighted by atomic mass is 15.1. The predicted octanol–water partition coefficient (Wildman–Crippen LogP) is 2.22. The molecule has 1 rings (SSSR count). The summed E-state index contributed by atoms with van der Waals surface area (Å²) in [4.78, 5) is 3.93. The molecule has 0 bridgehead atoms. The first kappa shape index (κ1) is 9.71. The van der Waals surface area contributed by atoms with Gasteiger partial charge in [-0.2, -0.15) is 5.10 Å². The first-order valence-electron chi connectivity index (χ1n) is 4.33. The van der Waals surface area contributed by atoms with E-state index in [0.717, 1.165) is 17.0 Å². The topological polar surface area (TPSA) is 41.0 Å². The van der Waals surface area contributed by atoms with E-state index in [4.69, 9.17) is 0 Å². The van der Waals surface area contributed by atoms with Gasteiger partial charge in [0.25, 0.3) is 0 Å². The molecule has 0 amide bonds. The van der Waals surface area contributed by atoms with Crippen molar-refractivity contribution in [2.75, 3.05) is 7.05 Å². The largest absolute Gasteiger partial charge is 0.294 e. The van der Waals surface area contributed by atoms with Crippen LogP contribution in [0.4, 0.5) is 0 Å². The minimum atomic E-state index is 0.430. The second-order valence-electron chi connectivity index (χ2n) is 3.18. The molecule has 1 heterocycles. The van der Waals surface area contributed by atoms with Crippen LogP contribution >= 0.6 is 0 Å². The Bertz CT molecular complexity index is 321.